The summed E-state index contributed by atoms with van der Waals surface area (Å²) < 4.78 is 0. The topological polar surface area (TPSA) is 58.4 Å². The number of hydrogen-bond donors (Lipinski definition) is 2. The summed E-state index contributed by atoms with van der Waals surface area (Å²) in [6.07, 6.45) is 6.13. The lowest BCUT2D eigenvalue weighted by Crippen LogP contribution is -2.46. The van der Waals surface area contributed by atoms with Crippen molar-refractivity contribution in [1.82, 2.24) is 10.3 Å². The zero-order valence-electron chi connectivity index (χ0n) is 8.28. The Morgan fingerprint density at radius 1 is 1.43 bits per heavy atom. The number of fused-ring (bicyclic) bond motifs is 3. The molecule has 1 atom stereocenters. The van der Waals surface area contributed by atoms with E-state index in [9.17, 15) is 4.79 Å². The Balaban J connectivity index is 1.92. The molecule has 1 unspecified atom stereocenters. The standard InChI is InChI=1S/C10H17N3O/c11-12-10(14)2-1-9-7-13-5-3-8(9)4-6-13/h1-2,8-9H,3-7,11H2,(H,12,14)/b2-1+. The summed E-state index contributed by atoms with van der Waals surface area (Å²) in [5.41, 5.74) is 2.11. The van der Waals surface area contributed by atoms with Crippen molar-refractivity contribution in [2.45, 2.75) is 12.8 Å². The van der Waals surface area contributed by atoms with E-state index >= 15 is 0 Å². The lowest BCUT2D eigenvalue weighted by atomic mass is 9.79. The molecule has 0 aromatic carbocycles. The van der Waals surface area contributed by atoms with Gasteiger partial charge >= 0.3 is 0 Å². The third-order valence-electron chi connectivity index (χ3n) is 3.34. The molecule has 0 radical (unpaired) electrons. The van der Waals surface area contributed by atoms with Crippen molar-refractivity contribution in [3.8, 4) is 0 Å². The summed E-state index contributed by atoms with van der Waals surface area (Å²) in [5.74, 6) is 6.13. The predicted molar refractivity (Wildman–Crippen MR) is 54.1 cm³/mol. The summed E-state index contributed by atoms with van der Waals surface area (Å²) in [6, 6.07) is 0. The number of hydrogen-bond acceptors (Lipinski definition) is 3. The van der Waals surface area contributed by atoms with Crippen molar-refractivity contribution in [1.29, 1.82) is 0 Å². The highest BCUT2D eigenvalue weighted by Gasteiger charge is 2.32. The van der Waals surface area contributed by atoms with Crippen molar-refractivity contribution < 1.29 is 4.79 Å². The zero-order chi connectivity index (χ0) is 9.97. The van der Waals surface area contributed by atoms with E-state index < -0.39 is 0 Å². The molecule has 0 aromatic rings. The second-order valence-electron chi connectivity index (χ2n) is 4.17. The van der Waals surface area contributed by atoms with Crippen LogP contribution in [0.4, 0.5) is 0 Å². The number of hydrazine groups is 1. The highest BCUT2D eigenvalue weighted by Crippen LogP contribution is 2.32. The monoisotopic (exact) mass is 195 g/mol. The Morgan fingerprint density at radius 3 is 2.64 bits per heavy atom. The minimum Gasteiger partial charge on any atom is -0.303 e. The van der Waals surface area contributed by atoms with Gasteiger partial charge in [-0.15, -0.1) is 0 Å². The van der Waals surface area contributed by atoms with Crippen LogP contribution in [0.15, 0.2) is 12.2 Å². The molecule has 3 saturated heterocycles. The van der Waals surface area contributed by atoms with Crippen LogP contribution in [0.25, 0.3) is 0 Å². The molecule has 3 heterocycles. The summed E-state index contributed by atoms with van der Waals surface area (Å²) >= 11 is 0. The molecule has 14 heavy (non-hydrogen) atoms. The number of nitrogens with one attached hydrogen (secondary N) is 1. The fourth-order valence-electron chi connectivity index (χ4n) is 2.49. The average Bonchev–Trinajstić information content (AvgIpc) is 2.27. The van der Waals surface area contributed by atoms with Crippen LogP contribution in [-0.2, 0) is 4.79 Å². The van der Waals surface area contributed by atoms with E-state index in [-0.39, 0.29) is 5.91 Å². The van der Waals surface area contributed by atoms with Crippen LogP contribution in [0, 0.1) is 11.8 Å². The summed E-state index contributed by atoms with van der Waals surface area (Å²) in [4.78, 5) is 13.4. The highest BCUT2D eigenvalue weighted by atomic mass is 16.2. The molecule has 0 aromatic heterocycles. The third kappa shape index (κ3) is 1.96. The summed E-state index contributed by atoms with van der Waals surface area (Å²) in [5, 5.41) is 0. The Labute approximate surface area is 84.1 Å². The molecule has 3 aliphatic rings. The molecule has 3 N–H and O–H groups in total. The number of nitrogens with two attached hydrogens (primary N) is 1. The molecule has 3 fully saturated rings. The van der Waals surface area contributed by atoms with E-state index in [2.05, 4.69) is 10.3 Å². The molecule has 0 spiro atoms. The van der Waals surface area contributed by atoms with Gasteiger partial charge in [-0.25, -0.2) is 5.84 Å². The van der Waals surface area contributed by atoms with Gasteiger partial charge in [-0.2, -0.15) is 0 Å². The molecule has 1 amide bonds. The summed E-state index contributed by atoms with van der Waals surface area (Å²) in [7, 11) is 0. The van der Waals surface area contributed by atoms with Gasteiger partial charge in [0.1, 0.15) is 0 Å². The van der Waals surface area contributed by atoms with Gasteiger partial charge in [0.25, 0.3) is 5.91 Å². The summed E-state index contributed by atoms with van der Waals surface area (Å²) in [6.45, 7) is 3.58. The first kappa shape index (κ1) is 9.68. The molecule has 3 rings (SSSR count). The Hall–Kier alpha value is -0.870. The lowest BCUT2D eigenvalue weighted by molar-refractivity contribution is -0.116. The first-order valence-corrected chi connectivity index (χ1v) is 5.20. The maximum Gasteiger partial charge on any atom is 0.257 e. The van der Waals surface area contributed by atoms with Crippen LogP contribution < -0.4 is 11.3 Å². The quantitative estimate of drug-likeness (QED) is 0.279. The van der Waals surface area contributed by atoms with E-state index in [1.807, 2.05) is 6.08 Å². The Bertz CT molecular complexity index is 244. The predicted octanol–water partition coefficient (Wildman–Crippen LogP) is -0.126. The van der Waals surface area contributed by atoms with Gasteiger partial charge in [-0.05, 0) is 37.8 Å². The van der Waals surface area contributed by atoms with E-state index in [4.69, 9.17) is 5.84 Å². The second kappa shape index (κ2) is 4.11. The number of piperidine rings is 3. The van der Waals surface area contributed by atoms with Crippen LogP contribution in [-0.4, -0.2) is 30.4 Å². The van der Waals surface area contributed by atoms with E-state index in [1.54, 1.807) is 6.08 Å². The van der Waals surface area contributed by atoms with Crippen LogP contribution in [0.3, 0.4) is 0 Å². The van der Waals surface area contributed by atoms with Crippen LogP contribution >= 0.6 is 0 Å². The van der Waals surface area contributed by atoms with Gasteiger partial charge in [0, 0.05) is 12.6 Å². The number of carbonyl (C=O) groups is 1. The van der Waals surface area contributed by atoms with Crippen LogP contribution in [0.2, 0.25) is 0 Å². The third-order valence-corrected chi connectivity index (χ3v) is 3.34. The highest BCUT2D eigenvalue weighted by molar-refractivity contribution is 5.86. The van der Waals surface area contributed by atoms with Crippen molar-refractivity contribution in [3.63, 3.8) is 0 Å². The van der Waals surface area contributed by atoms with Gasteiger partial charge in [-0.3, -0.25) is 10.2 Å². The van der Waals surface area contributed by atoms with Crippen molar-refractivity contribution in [3.05, 3.63) is 12.2 Å². The molecule has 3 aliphatic heterocycles. The lowest BCUT2D eigenvalue weighted by Gasteiger charge is -2.43. The minimum atomic E-state index is -0.207. The molecule has 4 nitrogen and oxygen atoms in total. The van der Waals surface area contributed by atoms with Crippen molar-refractivity contribution in [2.75, 3.05) is 19.6 Å². The fraction of sp³-hybridized carbons (Fsp3) is 0.700. The van der Waals surface area contributed by atoms with Gasteiger partial charge in [0.05, 0.1) is 0 Å². The van der Waals surface area contributed by atoms with Gasteiger partial charge < -0.3 is 4.90 Å². The van der Waals surface area contributed by atoms with Crippen molar-refractivity contribution >= 4 is 5.91 Å². The molecule has 0 saturated carbocycles. The smallest absolute Gasteiger partial charge is 0.257 e. The average molecular weight is 195 g/mol. The molecule has 78 valence electrons. The second-order valence-corrected chi connectivity index (χ2v) is 4.17. The van der Waals surface area contributed by atoms with E-state index in [0.717, 1.165) is 12.5 Å². The maximum absolute atomic E-state index is 10.9. The van der Waals surface area contributed by atoms with Crippen molar-refractivity contribution in [2.24, 2.45) is 17.7 Å². The SMILES string of the molecule is NNC(=O)/C=C/C1CN2CCC1CC2. The first-order chi connectivity index (χ1) is 6.79. The Kier molecular flexibility index (Phi) is 2.84. The van der Waals surface area contributed by atoms with E-state index in [1.165, 1.54) is 25.9 Å². The number of amides is 1. The molecule has 0 aliphatic carbocycles. The first-order valence-electron chi connectivity index (χ1n) is 5.20. The number of carbonyl (C=O) groups excluding carboxylic acids is 1. The van der Waals surface area contributed by atoms with Crippen LogP contribution in [0.1, 0.15) is 12.8 Å². The normalized spacial score (nSPS) is 36.2. The van der Waals surface area contributed by atoms with Gasteiger partial charge in [0.2, 0.25) is 0 Å². The molecular weight excluding hydrogens is 178 g/mol. The van der Waals surface area contributed by atoms with Gasteiger partial charge in [0.15, 0.2) is 0 Å². The zero-order valence-corrected chi connectivity index (χ0v) is 8.28. The van der Waals surface area contributed by atoms with E-state index in [0.29, 0.717) is 5.92 Å². The number of rotatable bonds is 2. The molecule has 4 heteroatoms. The fourth-order valence-corrected chi connectivity index (χ4v) is 2.49. The Morgan fingerprint density at radius 2 is 2.14 bits per heavy atom. The largest absolute Gasteiger partial charge is 0.303 e. The minimum absolute atomic E-state index is 0.207. The number of nitrogens with zero attached hydrogens (tertiary/aromatic N) is 1. The van der Waals surface area contributed by atoms with Crippen LogP contribution in [0.5, 0.6) is 0 Å². The molecule has 2 bridgehead atoms. The molecular formula is C10H17N3O. The van der Waals surface area contributed by atoms with Gasteiger partial charge in [-0.1, -0.05) is 6.08 Å². The maximum atomic E-state index is 10.9.